The number of carbonyl (C=O) groups excluding carboxylic acids is 1. The van der Waals surface area contributed by atoms with Crippen molar-refractivity contribution < 1.29 is 9.53 Å². The van der Waals surface area contributed by atoms with Crippen LogP contribution in [0.4, 0.5) is 0 Å². The third-order valence-electron chi connectivity index (χ3n) is 3.48. The van der Waals surface area contributed by atoms with Crippen molar-refractivity contribution in [2.45, 2.75) is 24.8 Å². The van der Waals surface area contributed by atoms with Crippen LogP contribution in [0.5, 0.6) is 5.75 Å². The van der Waals surface area contributed by atoms with Crippen LogP contribution in [-0.2, 0) is 4.79 Å². The van der Waals surface area contributed by atoms with Crippen molar-refractivity contribution >= 4 is 33.6 Å². The summed E-state index contributed by atoms with van der Waals surface area (Å²) in [6.07, 6.45) is 0. The van der Waals surface area contributed by atoms with Gasteiger partial charge in [0.2, 0.25) is 5.91 Å². The smallest absolute Gasteiger partial charge is 0.230 e. The number of ether oxygens (including phenoxy) is 1. The molecule has 0 aliphatic carbocycles. The minimum absolute atomic E-state index is 0.00993. The Morgan fingerprint density at radius 1 is 1.30 bits per heavy atom. The van der Waals surface area contributed by atoms with Gasteiger partial charge < -0.3 is 10.1 Å². The van der Waals surface area contributed by atoms with E-state index in [1.54, 1.807) is 18.9 Å². The predicted molar refractivity (Wildman–Crippen MR) is 99.2 cm³/mol. The number of hydrogen-bond donors (Lipinski definition) is 1. The van der Waals surface area contributed by atoms with Crippen LogP contribution < -0.4 is 10.1 Å². The fraction of sp³-hybridized carbons (Fsp3) is 0.278. The molecule has 0 heterocycles. The first kappa shape index (κ1) is 17.9. The maximum atomic E-state index is 12.2. The summed E-state index contributed by atoms with van der Waals surface area (Å²) in [4.78, 5) is 13.3. The van der Waals surface area contributed by atoms with Crippen molar-refractivity contribution in [3.05, 3.63) is 58.1 Å². The monoisotopic (exact) mass is 393 g/mol. The van der Waals surface area contributed by atoms with E-state index in [0.29, 0.717) is 5.75 Å². The van der Waals surface area contributed by atoms with Gasteiger partial charge in [-0.15, -0.1) is 11.8 Å². The number of nitrogens with one attached hydrogen (secondary N) is 1. The lowest BCUT2D eigenvalue weighted by Crippen LogP contribution is -2.28. The van der Waals surface area contributed by atoms with Gasteiger partial charge in [0, 0.05) is 14.9 Å². The zero-order valence-corrected chi connectivity index (χ0v) is 15.8. The minimum Gasteiger partial charge on any atom is -0.496 e. The van der Waals surface area contributed by atoms with Gasteiger partial charge in [-0.2, -0.15) is 0 Å². The van der Waals surface area contributed by atoms with Gasteiger partial charge in [-0.25, -0.2) is 0 Å². The lowest BCUT2D eigenvalue weighted by atomic mass is 10.1. The summed E-state index contributed by atoms with van der Waals surface area (Å²) in [5.41, 5.74) is 2.14. The molecule has 0 saturated carbocycles. The Hall–Kier alpha value is -1.46. The van der Waals surface area contributed by atoms with E-state index in [9.17, 15) is 4.79 Å². The van der Waals surface area contributed by atoms with Crippen LogP contribution in [0.25, 0.3) is 0 Å². The number of carbonyl (C=O) groups is 1. The minimum atomic E-state index is -0.0923. The Bertz CT molecular complexity index is 690. The Balaban J connectivity index is 1.94. The molecule has 0 aliphatic rings. The third-order valence-corrected chi connectivity index (χ3v) is 5.15. The van der Waals surface area contributed by atoms with Gasteiger partial charge >= 0.3 is 0 Å². The molecule has 3 nitrogen and oxygen atoms in total. The normalized spacial score (nSPS) is 11.8. The second-order valence-corrected chi connectivity index (χ2v) is 7.16. The summed E-state index contributed by atoms with van der Waals surface area (Å²) in [6, 6.07) is 13.7. The van der Waals surface area contributed by atoms with Gasteiger partial charge in [0.25, 0.3) is 0 Å². The fourth-order valence-corrected chi connectivity index (χ4v) is 3.60. The number of methoxy groups -OCH3 is 1. The molecule has 0 bridgehead atoms. The number of benzene rings is 2. The zero-order chi connectivity index (χ0) is 16.8. The van der Waals surface area contributed by atoms with Crippen LogP contribution in [-0.4, -0.2) is 18.8 Å². The predicted octanol–water partition coefficient (Wildman–Crippen LogP) is 4.74. The summed E-state index contributed by atoms with van der Waals surface area (Å²) >= 11 is 4.99. The third kappa shape index (κ3) is 5.01. The van der Waals surface area contributed by atoms with Crippen LogP contribution in [0.2, 0.25) is 0 Å². The SMILES string of the molecule is COc1ccccc1[C@@H](C)NC(=O)CSc1ccc(Br)cc1C. The standard InChI is InChI=1S/C18H20BrNO2S/c1-12-10-14(19)8-9-17(12)23-11-18(21)20-13(2)15-6-4-5-7-16(15)22-3/h4-10,13H,11H2,1-3H3,(H,20,21)/t13-/m1/s1. The summed E-state index contributed by atoms with van der Waals surface area (Å²) in [5.74, 6) is 1.19. The lowest BCUT2D eigenvalue weighted by Gasteiger charge is -2.17. The summed E-state index contributed by atoms with van der Waals surface area (Å²) in [7, 11) is 1.64. The van der Waals surface area contributed by atoms with E-state index in [4.69, 9.17) is 4.74 Å². The van der Waals surface area contributed by atoms with Gasteiger partial charge in [-0.1, -0.05) is 34.1 Å². The number of halogens is 1. The summed E-state index contributed by atoms with van der Waals surface area (Å²) in [6.45, 7) is 4.01. The number of rotatable bonds is 6. The highest BCUT2D eigenvalue weighted by Gasteiger charge is 2.14. The molecule has 122 valence electrons. The molecule has 0 saturated heterocycles. The van der Waals surface area contributed by atoms with E-state index in [-0.39, 0.29) is 11.9 Å². The molecule has 2 rings (SSSR count). The molecule has 0 aromatic heterocycles. The second kappa shape index (κ2) is 8.41. The lowest BCUT2D eigenvalue weighted by molar-refractivity contribution is -0.119. The van der Waals surface area contributed by atoms with Gasteiger partial charge in [-0.05, 0) is 43.7 Å². The van der Waals surface area contributed by atoms with Gasteiger partial charge in [0.15, 0.2) is 0 Å². The maximum absolute atomic E-state index is 12.2. The van der Waals surface area contributed by atoms with Crippen molar-refractivity contribution in [1.82, 2.24) is 5.32 Å². The van der Waals surface area contributed by atoms with Crippen LogP contribution in [0.3, 0.4) is 0 Å². The molecule has 0 unspecified atom stereocenters. The van der Waals surface area contributed by atoms with Crippen molar-refractivity contribution in [1.29, 1.82) is 0 Å². The molecule has 0 spiro atoms. The van der Waals surface area contributed by atoms with E-state index in [1.165, 1.54) is 0 Å². The highest BCUT2D eigenvalue weighted by Crippen LogP contribution is 2.26. The molecule has 23 heavy (non-hydrogen) atoms. The largest absolute Gasteiger partial charge is 0.496 e. The maximum Gasteiger partial charge on any atom is 0.230 e. The van der Waals surface area contributed by atoms with E-state index >= 15 is 0 Å². The quantitative estimate of drug-likeness (QED) is 0.720. The molecule has 1 N–H and O–H groups in total. The molecule has 2 aromatic carbocycles. The van der Waals surface area contributed by atoms with Crippen molar-refractivity contribution in [3.63, 3.8) is 0 Å². The molecule has 5 heteroatoms. The Morgan fingerprint density at radius 2 is 2.04 bits per heavy atom. The number of para-hydroxylation sites is 1. The summed E-state index contributed by atoms with van der Waals surface area (Å²) < 4.78 is 6.39. The highest BCUT2D eigenvalue weighted by atomic mass is 79.9. The molecular weight excluding hydrogens is 374 g/mol. The highest BCUT2D eigenvalue weighted by molar-refractivity contribution is 9.10. The average molecular weight is 394 g/mol. The average Bonchev–Trinajstić information content (AvgIpc) is 2.54. The van der Waals surface area contributed by atoms with Crippen LogP contribution in [0.1, 0.15) is 24.1 Å². The van der Waals surface area contributed by atoms with Gasteiger partial charge in [-0.3, -0.25) is 4.79 Å². The van der Waals surface area contributed by atoms with Crippen LogP contribution in [0, 0.1) is 6.92 Å². The van der Waals surface area contributed by atoms with Gasteiger partial charge in [0.1, 0.15) is 5.75 Å². The first-order valence-corrected chi connectivity index (χ1v) is 9.10. The van der Waals surface area contributed by atoms with Crippen LogP contribution in [0.15, 0.2) is 51.8 Å². The van der Waals surface area contributed by atoms with E-state index < -0.39 is 0 Å². The Labute approximate surface area is 149 Å². The Kier molecular flexibility index (Phi) is 6.54. The van der Waals surface area contributed by atoms with Gasteiger partial charge in [0.05, 0.1) is 18.9 Å². The molecule has 0 fully saturated rings. The van der Waals surface area contributed by atoms with Crippen molar-refractivity contribution in [3.8, 4) is 5.75 Å². The first-order valence-electron chi connectivity index (χ1n) is 7.32. The van der Waals surface area contributed by atoms with E-state index in [1.807, 2.05) is 50.2 Å². The first-order chi connectivity index (χ1) is 11.0. The molecule has 1 atom stereocenters. The molecular formula is C18H20BrNO2S. The molecule has 2 aromatic rings. The van der Waals surface area contributed by atoms with E-state index in [2.05, 4.69) is 27.3 Å². The number of amides is 1. The second-order valence-electron chi connectivity index (χ2n) is 5.23. The van der Waals surface area contributed by atoms with Crippen LogP contribution >= 0.6 is 27.7 Å². The topological polar surface area (TPSA) is 38.3 Å². The van der Waals surface area contributed by atoms with Crippen molar-refractivity contribution in [2.75, 3.05) is 12.9 Å². The number of hydrogen-bond acceptors (Lipinski definition) is 3. The molecule has 1 amide bonds. The molecule has 0 aliphatic heterocycles. The Morgan fingerprint density at radius 3 is 2.74 bits per heavy atom. The zero-order valence-electron chi connectivity index (χ0n) is 13.4. The van der Waals surface area contributed by atoms with E-state index in [0.717, 1.165) is 26.2 Å². The summed E-state index contributed by atoms with van der Waals surface area (Å²) in [5, 5.41) is 3.02. The number of aryl methyl sites for hydroxylation is 1. The number of thioether (sulfide) groups is 1. The molecule has 0 radical (unpaired) electrons. The van der Waals surface area contributed by atoms with Crippen molar-refractivity contribution in [2.24, 2.45) is 0 Å². The fourth-order valence-electron chi connectivity index (χ4n) is 2.30.